The molecular formula is C23H16FN3O6S. The number of hydrogen-bond acceptors (Lipinski definition) is 6. The molecule has 0 radical (unpaired) electrons. The highest BCUT2D eigenvalue weighted by atomic mass is 32.1. The van der Waals surface area contributed by atoms with E-state index in [0.717, 1.165) is 38.4 Å². The van der Waals surface area contributed by atoms with Crippen LogP contribution in [0.25, 0.3) is 27.5 Å². The molecule has 3 heterocycles. The number of aromatic nitrogens is 3. The van der Waals surface area contributed by atoms with Gasteiger partial charge >= 0.3 is 11.7 Å². The third kappa shape index (κ3) is 3.42. The molecule has 9 nitrogen and oxygen atoms in total. The van der Waals surface area contributed by atoms with Gasteiger partial charge < -0.3 is 19.6 Å². The Kier molecular flexibility index (Phi) is 5.17. The Balaban J connectivity index is 1.64. The number of thiophene rings is 1. The number of para-hydroxylation sites is 1. The van der Waals surface area contributed by atoms with E-state index >= 15 is 4.39 Å². The standard InChI is InChI=1S/C23H16FN3O6S/c1-32-16-7-13(24)14(8-17(16)33-9-12-4-2-3-11-5-6-25-19(11)12)27-15-10-34-20(22(29)30)18(15)21(28)26-23(27)31/h2-8,10,25H,9H2,1H3,(H,29,30)(H,26,28,31). The van der Waals surface area contributed by atoms with Crippen molar-refractivity contribution in [2.75, 3.05) is 7.11 Å². The summed E-state index contributed by atoms with van der Waals surface area (Å²) in [5.41, 5.74) is -0.292. The molecule has 34 heavy (non-hydrogen) atoms. The number of carboxylic acids is 1. The van der Waals surface area contributed by atoms with Crippen molar-refractivity contribution in [2.24, 2.45) is 0 Å². The summed E-state index contributed by atoms with van der Waals surface area (Å²) in [6.07, 6.45) is 1.81. The number of ether oxygens (including phenoxy) is 2. The lowest BCUT2D eigenvalue weighted by Crippen LogP contribution is -2.29. The number of halogens is 1. The average molecular weight is 481 g/mol. The summed E-state index contributed by atoms with van der Waals surface area (Å²) in [4.78, 5) is 41.4. The molecule has 0 spiro atoms. The first-order valence-corrected chi connectivity index (χ1v) is 10.8. The van der Waals surface area contributed by atoms with Crippen molar-refractivity contribution in [1.29, 1.82) is 0 Å². The van der Waals surface area contributed by atoms with Gasteiger partial charge in [-0.05, 0) is 11.5 Å². The number of nitrogens with zero attached hydrogens (tertiary/aromatic N) is 1. The first-order valence-electron chi connectivity index (χ1n) is 9.94. The van der Waals surface area contributed by atoms with Gasteiger partial charge in [0.25, 0.3) is 5.56 Å². The average Bonchev–Trinajstić information content (AvgIpc) is 3.46. The summed E-state index contributed by atoms with van der Waals surface area (Å²) < 4.78 is 27.2. The fraction of sp³-hybridized carbons (Fsp3) is 0.0870. The fourth-order valence-electron chi connectivity index (χ4n) is 3.85. The molecule has 5 rings (SSSR count). The van der Waals surface area contributed by atoms with E-state index in [1.165, 1.54) is 18.6 Å². The van der Waals surface area contributed by atoms with Gasteiger partial charge in [-0.25, -0.2) is 14.0 Å². The van der Waals surface area contributed by atoms with Gasteiger partial charge in [0.2, 0.25) is 0 Å². The van der Waals surface area contributed by atoms with Gasteiger partial charge in [0.1, 0.15) is 11.5 Å². The zero-order valence-corrected chi connectivity index (χ0v) is 18.4. The maximum absolute atomic E-state index is 15.1. The predicted molar refractivity (Wildman–Crippen MR) is 124 cm³/mol. The quantitative estimate of drug-likeness (QED) is 0.340. The van der Waals surface area contributed by atoms with Crippen molar-refractivity contribution in [2.45, 2.75) is 6.61 Å². The van der Waals surface area contributed by atoms with Crippen LogP contribution in [-0.2, 0) is 6.61 Å². The maximum atomic E-state index is 15.1. The number of fused-ring (bicyclic) bond motifs is 2. The van der Waals surface area contributed by atoms with Crippen LogP contribution in [0.5, 0.6) is 11.5 Å². The first-order chi connectivity index (χ1) is 16.4. The molecule has 172 valence electrons. The zero-order chi connectivity index (χ0) is 24.0. The number of H-pyrrole nitrogens is 2. The number of benzene rings is 2. The van der Waals surface area contributed by atoms with Crippen molar-refractivity contribution in [3.05, 3.63) is 85.1 Å². The Morgan fingerprint density at radius 3 is 2.79 bits per heavy atom. The largest absolute Gasteiger partial charge is 0.493 e. The second-order valence-corrected chi connectivity index (χ2v) is 8.21. The molecule has 0 bridgehead atoms. The number of carboxylic acid groups (broad SMARTS) is 1. The highest BCUT2D eigenvalue weighted by Crippen LogP contribution is 2.34. The Labute approximate surface area is 193 Å². The lowest BCUT2D eigenvalue weighted by atomic mass is 10.1. The minimum absolute atomic E-state index is 0.0256. The third-order valence-corrected chi connectivity index (χ3v) is 6.34. The van der Waals surface area contributed by atoms with Crippen LogP contribution >= 0.6 is 11.3 Å². The Morgan fingerprint density at radius 1 is 1.21 bits per heavy atom. The second kappa shape index (κ2) is 8.19. The summed E-state index contributed by atoms with van der Waals surface area (Å²) in [6, 6.07) is 9.98. The van der Waals surface area contributed by atoms with Gasteiger partial charge in [0.15, 0.2) is 17.3 Å². The fourth-order valence-corrected chi connectivity index (χ4v) is 4.72. The molecule has 0 saturated carbocycles. The number of carbonyl (C=O) groups is 1. The summed E-state index contributed by atoms with van der Waals surface area (Å²) in [5, 5.41) is 11.5. The lowest BCUT2D eigenvalue weighted by molar-refractivity contribution is 0.0704. The summed E-state index contributed by atoms with van der Waals surface area (Å²) >= 11 is 0.769. The van der Waals surface area contributed by atoms with Crippen molar-refractivity contribution in [3.63, 3.8) is 0 Å². The van der Waals surface area contributed by atoms with Crippen LogP contribution in [0.4, 0.5) is 4.39 Å². The van der Waals surface area contributed by atoms with Crippen LogP contribution < -0.4 is 20.7 Å². The Morgan fingerprint density at radius 2 is 2.03 bits per heavy atom. The predicted octanol–water partition coefficient (Wildman–Crippen LogP) is 3.65. The number of hydrogen-bond donors (Lipinski definition) is 3. The smallest absolute Gasteiger partial charge is 0.346 e. The van der Waals surface area contributed by atoms with E-state index in [2.05, 4.69) is 9.97 Å². The molecule has 0 saturated heterocycles. The van der Waals surface area contributed by atoms with E-state index in [4.69, 9.17) is 9.47 Å². The molecular weight excluding hydrogens is 465 g/mol. The van der Waals surface area contributed by atoms with E-state index in [1.807, 2.05) is 30.5 Å². The number of rotatable bonds is 6. The van der Waals surface area contributed by atoms with Gasteiger partial charge in [0, 0.05) is 29.3 Å². The number of aromatic amines is 2. The summed E-state index contributed by atoms with van der Waals surface area (Å²) in [6.45, 7) is 0.122. The van der Waals surface area contributed by atoms with Crippen LogP contribution in [0, 0.1) is 5.82 Å². The molecule has 2 aromatic carbocycles. The molecule has 0 atom stereocenters. The van der Waals surface area contributed by atoms with E-state index in [0.29, 0.717) is 0 Å². The molecule has 0 fully saturated rings. The van der Waals surface area contributed by atoms with E-state index in [1.54, 1.807) is 0 Å². The van der Waals surface area contributed by atoms with E-state index < -0.39 is 23.0 Å². The monoisotopic (exact) mass is 481 g/mol. The molecule has 5 aromatic rings. The molecule has 0 unspecified atom stereocenters. The molecule has 3 N–H and O–H groups in total. The summed E-state index contributed by atoms with van der Waals surface area (Å²) in [7, 11) is 1.36. The van der Waals surface area contributed by atoms with Crippen LogP contribution in [0.15, 0.2) is 57.6 Å². The molecule has 0 aliphatic heterocycles. The van der Waals surface area contributed by atoms with Crippen molar-refractivity contribution in [1.82, 2.24) is 14.5 Å². The number of aromatic carboxylic acids is 1. The second-order valence-electron chi connectivity index (χ2n) is 7.33. The molecule has 0 aliphatic rings. The highest BCUT2D eigenvalue weighted by Gasteiger charge is 2.22. The van der Waals surface area contributed by atoms with Gasteiger partial charge in [-0.15, -0.1) is 11.3 Å². The van der Waals surface area contributed by atoms with Crippen LogP contribution in [0.1, 0.15) is 15.2 Å². The van der Waals surface area contributed by atoms with Crippen molar-refractivity contribution < 1.29 is 23.8 Å². The normalized spacial score (nSPS) is 11.2. The Hall–Kier alpha value is -4.38. The lowest BCUT2D eigenvalue weighted by Gasteiger charge is -2.15. The Bertz CT molecular complexity index is 1700. The van der Waals surface area contributed by atoms with Gasteiger partial charge in [-0.1, -0.05) is 18.2 Å². The zero-order valence-electron chi connectivity index (χ0n) is 17.5. The molecule has 0 amide bonds. The first kappa shape index (κ1) is 21.5. The number of nitrogens with one attached hydrogen (secondary N) is 2. The van der Waals surface area contributed by atoms with E-state index in [9.17, 15) is 19.5 Å². The van der Waals surface area contributed by atoms with E-state index in [-0.39, 0.29) is 39.6 Å². The van der Waals surface area contributed by atoms with Crippen molar-refractivity contribution in [3.8, 4) is 17.2 Å². The van der Waals surface area contributed by atoms with Gasteiger partial charge in [0.05, 0.1) is 29.2 Å². The minimum atomic E-state index is -1.33. The van der Waals surface area contributed by atoms with Crippen LogP contribution in [0.2, 0.25) is 0 Å². The van der Waals surface area contributed by atoms with Gasteiger partial charge in [-0.2, -0.15) is 0 Å². The summed E-state index contributed by atoms with van der Waals surface area (Å²) in [5.74, 6) is -1.89. The third-order valence-electron chi connectivity index (χ3n) is 5.39. The maximum Gasteiger partial charge on any atom is 0.346 e. The SMILES string of the molecule is COc1cc(F)c(-n2c(=O)[nH]c(=O)c3c(C(=O)O)scc32)cc1OCc1cccc2cc[nH]c12. The van der Waals surface area contributed by atoms with Crippen molar-refractivity contribution >= 4 is 39.1 Å². The highest BCUT2D eigenvalue weighted by molar-refractivity contribution is 7.13. The van der Waals surface area contributed by atoms with Crippen LogP contribution in [0.3, 0.4) is 0 Å². The number of methoxy groups -OCH3 is 1. The molecule has 3 aromatic heterocycles. The van der Waals surface area contributed by atoms with Crippen LogP contribution in [-0.4, -0.2) is 32.7 Å². The minimum Gasteiger partial charge on any atom is -0.493 e. The van der Waals surface area contributed by atoms with Gasteiger partial charge in [-0.3, -0.25) is 14.3 Å². The topological polar surface area (TPSA) is 126 Å². The molecule has 11 heteroatoms. The molecule has 0 aliphatic carbocycles.